The summed E-state index contributed by atoms with van der Waals surface area (Å²) in [7, 11) is -2.63. The Bertz CT molecular complexity index is 856. The molecule has 0 saturated heterocycles. The molecule has 0 saturated carbocycles. The van der Waals surface area contributed by atoms with Gasteiger partial charge >= 0.3 is 0 Å². The van der Waals surface area contributed by atoms with Gasteiger partial charge in [-0.3, -0.25) is 4.79 Å². The topological polar surface area (TPSA) is 84.5 Å². The summed E-state index contributed by atoms with van der Waals surface area (Å²) in [5, 5.41) is 3.23. The predicted octanol–water partition coefficient (Wildman–Crippen LogP) is 2.92. The molecule has 1 amide bonds. The number of halogens is 2. The number of nitrogens with one attached hydrogen (secondary N) is 2. The van der Waals surface area contributed by atoms with Gasteiger partial charge in [-0.2, -0.15) is 0 Å². The maximum absolute atomic E-state index is 12.3. The zero-order chi connectivity index (χ0) is 17.7. The monoisotopic (exact) mass is 388 g/mol. The Labute approximate surface area is 149 Å². The average Bonchev–Trinajstić information content (AvgIpc) is 2.53. The Morgan fingerprint density at radius 3 is 2.50 bits per heavy atom. The summed E-state index contributed by atoms with van der Waals surface area (Å²) in [6.07, 6.45) is 0. The Morgan fingerprint density at radius 2 is 1.83 bits per heavy atom. The second-order valence-electron chi connectivity index (χ2n) is 4.68. The molecule has 0 bridgehead atoms. The standard InChI is InChI=1S/C15H14Cl2N2O4S/c1-23-13-6-5-11(17)8-14(13)24(21,22)18-9-15(20)19-12-4-2-3-10(16)7-12/h2-8,18H,9H2,1H3,(H,19,20). The second kappa shape index (κ2) is 7.85. The molecule has 0 aliphatic carbocycles. The van der Waals surface area contributed by atoms with E-state index in [2.05, 4.69) is 10.0 Å². The number of sulfonamides is 1. The highest BCUT2D eigenvalue weighted by Gasteiger charge is 2.21. The lowest BCUT2D eigenvalue weighted by molar-refractivity contribution is -0.115. The van der Waals surface area contributed by atoms with Crippen molar-refractivity contribution in [1.29, 1.82) is 0 Å². The van der Waals surface area contributed by atoms with Crippen LogP contribution < -0.4 is 14.8 Å². The molecule has 0 heterocycles. The van der Waals surface area contributed by atoms with Gasteiger partial charge in [0.05, 0.1) is 13.7 Å². The normalized spacial score (nSPS) is 11.1. The number of hydrogen-bond acceptors (Lipinski definition) is 4. The third-order valence-electron chi connectivity index (χ3n) is 2.95. The van der Waals surface area contributed by atoms with Gasteiger partial charge in [-0.05, 0) is 36.4 Å². The summed E-state index contributed by atoms with van der Waals surface area (Å²) in [4.78, 5) is 11.7. The van der Waals surface area contributed by atoms with E-state index in [9.17, 15) is 13.2 Å². The zero-order valence-corrected chi connectivity index (χ0v) is 14.9. The Kier molecular flexibility index (Phi) is 6.06. The van der Waals surface area contributed by atoms with Gasteiger partial charge in [-0.15, -0.1) is 0 Å². The molecule has 0 radical (unpaired) electrons. The van der Waals surface area contributed by atoms with Crippen LogP contribution in [0, 0.1) is 0 Å². The quantitative estimate of drug-likeness (QED) is 0.796. The van der Waals surface area contributed by atoms with Crippen molar-refractivity contribution in [2.45, 2.75) is 4.90 Å². The minimum atomic E-state index is -3.97. The summed E-state index contributed by atoms with van der Waals surface area (Å²) in [5.74, 6) is -0.413. The largest absolute Gasteiger partial charge is 0.495 e. The van der Waals surface area contributed by atoms with Gasteiger partial charge in [0.15, 0.2) is 0 Å². The van der Waals surface area contributed by atoms with Crippen LogP contribution in [-0.4, -0.2) is 28.0 Å². The first-order chi connectivity index (χ1) is 11.3. The van der Waals surface area contributed by atoms with Crippen LogP contribution in [0.15, 0.2) is 47.4 Å². The SMILES string of the molecule is COc1ccc(Cl)cc1S(=O)(=O)NCC(=O)Nc1cccc(Cl)c1. The molecule has 0 spiro atoms. The van der Waals surface area contributed by atoms with Crippen molar-refractivity contribution in [1.82, 2.24) is 4.72 Å². The van der Waals surface area contributed by atoms with E-state index in [0.29, 0.717) is 10.7 Å². The number of anilines is 1. The van der Waals surface area contributed by atoms with Crippen molar-refractivity contribution >= 4 is 44.8 Å². The van der Waals surface area contributed by atoms with Gasteiger partial charge in [0.1, 0.15) is 10.6 Å². The van der Waals surface area contributed by atoms with Crippen LogP contribution in [0.2, 0.25) is 10.0 Å². The molecule has 2 rings (SSSR count). The summed E-state index contributed by atoms with van der Waals surface area (Å²) >= 11 is 11.6. The first-order valence-corrected chi connectivity index (χ1v) is 8.94. The highest BCUT2D eigenvalue weighted by atomic mass is 35.5. The number of hydrogen-bond donors (Lipinski definition) is 2. The zero-order valence-electron chi connectivity index (χ0n) is 12.5. The van der Waals surface area contributed by atoms with Gasteiger partial charge in [0, 0.05) is 15.7 Å². The number of amides is 1. The molecular weight excluding hydrogens is 375 g/mol. The van der Waals surface area contributed by atoms with Crippen LogP contribution in [0.1, 0.15) is 0 Å². The molecule has 0 atom stereocenters. The molecule has 2 aromatic rings. The molecule has 0 fully saturated rings. The first-order valence-electron chi connectivity index (χ1n) is 6.70. The van der Waals surface area contributed by atoms with Crippen LogP contribution in [0.3, 0.4) is 0 Å². The number of carbonyl (C=O) groups is 1. The lowest BCUT2D eigenvalue weighted by Gasteiger charge is -2.11. The van der Waals surface area contributed by atoms with Crippen molar-refractivity contribution in [3.05, 3.63) is 52.5 Å². The smallest absolute Gasteiger partial charge is 0.244 e. The van der Waals surface area contributed by atoms with Crippen LogP contribution in [0.5, 0.6) is 5.75 Å². The van der Waals surface area contributed by atoms with E-state index in [-0.39, 0.29) is 15.7 Å². The molecule has 9 heteroatoms. The molecule has 0 aliphatic heterocycles. The van der Waals surface area contributed by atoms with Gasteiger partial charge in [-0.1, -0.05) is 29.3 Å². The van der Waals surface area contributed by atoms with Crippen molar-refractivity contribution in [3.8, 4) is 5.75 Å². The van der Waals surface area contributed by atoms with E-state index >= 15 is 0 Å². The Hall–Kier alpha value is -1.80. The van der Waals surface area contributed by atoms with Gasteiger partial charge in [0.2, 0.25) is 15.9 Å². The lowest BCUT2D eigenvalue weighted by Crippen LogP contribution is -2.33. The minimum absolute atomic E-state index is 0.127. The fourth-order valence-electron chi connectivity index (χ4n) is 1.87. The molecule has 0 aromatic heterocycles. The highest BCUT2D eigenvalue weighted by molar-refractivity contribution is 7.89. The van der Waals surface area contributed by atoms with Crippen molar-refractivity contribution < 1.29 is 17.9 Å². The maximum atomic E-state index is 12.3. The maximum Gasteiger partial charge on any atom is 0.244 e. The molecule has 24 heavy (non-hydrogen) atoms. The number of methoxy groups -OCH3 is 1. The fraction of sp³-hybridized carbons (Fsp3) is 0.133. The summed E-state index contributed by atoms with van der Waals surface area (Å²) < 4.78 is 31.9. The second-order valence-corrected chi connectivity index (χ2v) is 7.29. The van der Waals surface area contributed by atoms with Crippen LogP contribution in [-0.2, 0) is 14.8 Å². The van der Waals surface area contributed by atoms with E-state index in [1.807, 2.05) is 0 Å². The molecule has 128 valence electrons. The number of rotatable bonds is 6. The number of benzene rings is 2. The molecule has 6 nitrogen and oxygen atoms in total. The predicted molar refractivity (Wildman–Crippen MR) is 93.3 cm³/mol. The number of ether oxygens (including phenoxy) is 1. The molecule has 0 unspecified atom stereocenters. The summed E-state index contributed by atoms with van der Waals surface area (Å²) in [5.41, 5.74) is 0.465. The van der Waals surface area contributed by atoms with E-state index in [1.54, 1.807) is 24.3 Å². The van der Waals surface area contributed by atoms with E-state index in [0.717, 1.165) is 0 Å². The summed E-state index contributed by atoms with van der Waals surface area (Å²) in [6, 6.07) is 10.7. The van der Waals surface area contributed by atoms with E-state index in [1.165, 1.54) is 25.3 Å². The Balaban J connectivity index is 2.07. The van der Waals surface area contributed by atoms with E-state index in [4.69, 9.17) is 27.9 Å². The summed E-state index contributed by atoms with van der Waals surface area (Å²) in [6.45, 7) is -0.454. The fourth-order valence-corrected chi connectivity index (χ4v) is 3.47. The third kappa shape index (κ3) is 4.85. The van der Waals surface area contributed by atoms with Gasteiger partial charge in [-0.25, -0.2) is 13.1 Å². The molecule has 2 aromatic carbocycles. The van der Waals surface area contributed by atoms with Crippen molar-refractivity contribution in [3.63, 3.8) is 0 Å². The highest BCUT2D eigenvalue weighted by Crippen LogP contribution is 2.26. The lowest BCUT2D eigenvalue weighted by atomic mass is 10.3. The molecule has 0 aliphatic rings. The first kappa shape index (κ1) is 18.5. The molecule has 2 N–H and O–H groups in total. The van der Waals surface area contributed by atoms with Gasteiger partial charge in [0.25, 0.3) is 0 Å². The minimum Gasteiger partial charge on any atom is -0.495 e. The average molecular weight is 389 g/mol. The van der Waals surface area contributed by atoms with Gasteiger partial charge < -0.3 is 10.1 Å². The molecular formula is C15H14Cl2N2O4S. The number of carbonyl (C=O) groups excluding carboxylic acids is 1. The van der Waals surface area contributed by atoms with Crippen LogP contribution in [0.25, 0.3) is 0 Å². The van der Waals surface area contributed by atoms with Crippen LogP contribution >= 0.6 is 23.2 Å². The van der Waals surface area contributed by atoms with E-state index < -0.39 is 22.5 Å². The van der Waals surface area contributed by atoms with Crippen LogP contribution in [0.4, 0.5) is 5.69 Å². The third-order valence-corrected chi connectivity index (χ3v) is 4.84. The van der Waals surface area contributed by atoms with Crippen molar-refractivity contribution in [2.75, 3.05) is 19.0 Å². The van der Waals surface area contributed by atoms with Crippen molar-refractivity contribution in [2.24, 2.45) is 0 Å². The Morgan fingerprint density at radius 1 is 1.12 bits per heavy atom.